The van der Waals surface area contributed by atoms with Gasteiger partial charge in [-0.3, -0.25) is 0 Å². The number of ether oxygens (including phenoxy) is 4. The monoisotopic (exact) mass is 500 g/mol. The molecule has 0 bridgehead atoms. The van der Waals surface area contributed by atoms with Crippen LogP contribution in [0.3, 0.4) is 0 Å². The van der Waals surface area contributed by atoms with Crippen molar-refractivity contribution >= 4 is 0 Å². The van der Waals surface area contributed by atoms with Gasteiger partial charge in [-0.15, -0.1) is 0 Å². The summed E-state index contributed by atoms with van der Waals surface area (Å²) in [4.78, 5) is 0. The van der Waals surface area contributed by atoms with Crippen molar-refractivity contribution in [2.75, 3.05) is 26.4 Å². The van der Waals surface area contributed by atoms with Crippen molar-refractivity contribution in [3.63, 3.8) is 0 Å². The molecule has 0 atom stereocenters. The maximum atomic E-state index is 7.50. The van der Waals surface area contributed by atoms with E-state index < -0.39 is 12.6 Å². The van der Waals surface area contributed by atoms with Crippen molar-refractivity contribution in [3.8, 4) is 11.8 Å². The Hall–Kier alpha value is -1.37. The number of hydrogen-bond acceptors (Lipinski definition) is 4. The van der Waals surface area contributed by atoms with Crippen molar-refractivity contribution in [3.05, 3.63) is 46.7 Å². The first-order valence-corrected chi connectivity index (χ1v) is 10.7. The minimum Gasteiger partial charge on any atom is 0 e. The average molecular weight is 501 g/mol. The van der Waals surface area contributed by atoms with Gasteiger partial charge < -0.3 is 18.9 Å². The molecule has 7 heteroatoms. The van der Waals surface area contributed by atoms with Gasteiger partial charge in [-0.2, -0.15) is 0 Å². The third-order valence-electron chi connectivity index (χ3n) is 4.97. The van der Waals surface area contributed by atoms with Crippen LogP contribution in [0.25, 0.3) is 0 Å². The van der Waals surface area contributed by atoms with Gasteiger partial charge in [0.15, 0.2) is 0 Å². The topological polar surface area (TPSA) is 76.7 Å². The molecule has 0 aromatic heterocycles. The normalized spacial score (nSPS) is 9.09. The minimum atomic E-state index is -0.501. The van der Waals surface area contributed by atoms with Crippen LogP contribution in [0.15, 0.2) is 0 Å². The molecule has 0 spiro atoms. The molecule has 0 aliphatic heterocycles. The summed E-state index contributed by atoms with van der Waals surface area (Å²) in [5.74, 6) is 5.69. The van der Waals surface area contributed by atoms with E-state index in [9.17, 15) is 0 Å². The van der Waals surface area contributed by atoms with Gasteiger partial charge in [0, 0.05) is 43.8 Å². The Balaban J connectivity index is -0.000000220. The average Bonchev–Trinajstić information content (AvgIpc) is 2.82. The predicted molar refractivity (Wildman–Crippen MR) is 125 cm³/mol. The molecule has 33 heavy (non-hydrogen) atoms. The first-order chi connectivity index (χ1) is 15.2. The van der Waals surface area contributed by atoms with Crippen LogP contribution in [-0.4, -0.2) is 39.0 Å². The van der Waals surface area contributed by atoms with Gasteiger partial charge in [-0.25, -0.2) is 0 Å². The van der Waals surface area contributed by atoms with Gasteiger partial charge in [0.05, 0.1) is 0 Å². The van der Waals surface area contributed by atoms with Crippen LogP contribution in [0.5, 0.6) is 0 Å². The summed E-state index contributed by atoms with van der Waals surface area (Å²) in [7, 11) is 0. The molecule has 0 unspecified atom stereocenters. The molecule has 0 amide bonds. The molecule has 0 aliphatic rings. The second-order valence-electron chi connectivity index (χ2n) is 6.52. The molecular formula is C26H40CrO6. The molecule has 0 saturated heterocycles. The summed E-state index contributed by atoms with van der Waals surface area (Å²) in [6, 6.07) is 0. The first-order valence-electron chi connectivity index (χ1n) is 10.7. The Morgan fingerprint density at radius 3 is 0.788 bits per heavy atom. The van der Waals surface area contributed by atoms with Crippen LogP contribution >= 0.6 is 0 Å². The summed E-state index contributed by atoms with van der Waals surface area (Å²) in [6.45, 7) is 32.1. The molecule has 1 aromatic carbocycles. The van der Waals surface area contributed by atoms with E-state index >= 15 is 0 Å². The van der Waals surface area contributed by atoms with E-state index in [1.807, 2.05) is 27.7 Å². The zero-order chi connectivity index (χ0) is 25.7. The standard InChI is InChI=1S/C12H22O4.C12H18.2CO.Cr/c1-5-13-11(14-6-2)9-10-12(15-7-3)16-8-4;1-7-8(2)10(4)12(6)11(5)9(7)3;2*1-2;/h11-12H,5-8H2,1-4H3;1-6H3;;;. The Morgan fingerprint density at radius 1 is 0.515 bits per heavy atom. The summed E-state index contributed by atoms with van der Waals surface area (Å²) in [5.41, 5.74) is 8.73. The van der Waals surface area contributed by atoms with E-state index in [2.05, 4.69) is 66.7 Å². The zero-order valence-electron chi connectivity index (χ0n) is 21.8. The van der Waals surface area contributed by atoms with E-state index in [1.54, 1.807) is 0 Å². The fraction of sp³-hybridized carbons (Fsp3) is 0.615. The second-order valence-corrected chi connectivity index (χ2v) is 6.52. The zero-order valence-corrected chi connectivity index (χ0v) is 23.1. The van der Waals surface area contributed by atoms with Crippen LogP contribution in [0.1, 0.15) is 61.1 Å². The van der Waals surface area contributed by atoms with E-state index in [-0.39, 0.29) is 17.4 Å². The van der Waals surface area contributed by atoms with Gasteiger partial charge >= 0.3 is 22.6 Å². The molecular weight excluding hydrogens is 460 g/mol. The summed E-state index contributed by atoms with van der Waals surface area (Å²) < 4.78 is 36.1. The van der Waals surface area contributed by atoms with Crippen molar-refractivity contribution in [1.82, 2.24) is 0 Å². The van der Waals surface area contributed by atoms with E-state index in [0.29, 0.717) is 26.4 Å². The number of benzene rings is 1. The molecule has 0 saturated carbocycles. The smallest absolute Gasteiger partial charge is 0 e. The Labute approximate surface area is 212 Å². The SMILES string of the molecule is CCOC(C#CC(OCC)OCC)OCC.Cc1c(C)c(C)c(C)c(C)c1C.[C-]#[O+].[C-]#[O+].[Cr]. The Morgan fingerprint density at radius 2 is 0.667 bits per heavy atom. The van der Waals surface area contributed by atoms with Gasteiger partial charge in [-0.1, -0.05) is 0 Å². The van der Waals surface area contributed by atoms with Crippen LogP contribution in [-0.2, 0) is 45.6 Å². The summed E-state index contributed by atoms with van der Waals surface area (Å²) in [5, 5.41) is 0. The molecule has 186 valence electrons. The van der Waals surface area contributed by atoms with Gasteiger partial charge in [-0.05, 0) is 114 Å². The summed E-state index contributed by atoms with van der Waals surface area (Å²) in [6.07, 6.45) is -1.00. The minimum absolute atomic E-state index is 0. The fourth-order valence-electron chi connectivity index (χ4n) is 2.69. The van der Waals surface area contributed by atoms with Crippen LogP contribution in [0, 0.1) is 66.7 Å². The maximum absolute atomic E-state index is 7.50. The maximum Gasteiger partial charge on any atom is 0 e. The van der Waals surface area contributed by atoms with Gasteiger partial charge in [0.25, 0.3) is 0 Å². The van der Waals surface area contributed by atoms with Gasteiger partial charge in [0.2, 0.25) is 12.6 Å². The predicted octanol–water partition coefficient (Wildman–Crippen LogP) is 5.25. The van der Waals surface area contributed by atoms with Gasteiger partial charge in [0.1, 0.15) is 0 Å². The second kappa shape index (κ2) is 25.3. The molecule has 0 heterocycles. The van der Waals surface area contributed by atoms with Crippen LogP contribution < -0.4 is 0 Å². The Bertz CT molecular complexity index is 588. The molecule has 0 N–H and O–H groups in total. The van der Waals surface area contributed by atoms with E-state index in [0.717, 1.165) is 0 Å². The molecule has 0 fully saturated rings. The largest absolute Gasteiger partial charge is 0 e. The van der Waals surface area contributed by atoms with Crippen molar-refractivity contribution in [1.29, 1.82) is 0 Å². The molecule has 6 nitrogen and oxygen atoms in total. The third kappa shape index (κ3) is 16.0. The number of rotatable bonds is 8. The quantitative estimate of drug-likeness (QED) is 0.212. The Kier molecular flexibility index (Phi) is 29.8. The van der Waals surface area contributed by atoms with Crippen molar-refractivity contribution in [2.24, 2.45) is 0 Å². The first kappa shape index (κ1) is 38.9. The third-order valence-corrected chi connectivity index (χ3v) is 4.97. The van der Waals surface area contributed by atoms with E-state index in [4.69, 9.17) is 28.3 Å². The van der Waals surface area contributed by atoms with E-state index in [1.165, 1.54) is 33.4 Å². The van der Waals surface area contributed by atoms with Crippen LogP contribution in [0.4, 0.5) is 0 Å². The summed E-state index contributed by atoms with van der Waals surface area (Å²) >= 11 is 0. The molecule has 1 rings (SSSR count). The molecule has 0 radical (unpaired) electrons. The molecule has 1 aromatic rings. The number of hydrogen-bond donors (Lipinski definition) is 0. The molecule has 0 aliphatic carbocycles. The van der Waals surface area contributed by atoms with Crippen LogP contribution in [0.2, 0.25) is 0 Å². The van der Waals surface area contributed by atoms with Crippen molar-refractivity contribution in [2.45, 2.75) is 81.8 Å². The van der Waals surface area contributed by atoms with Crippen molar-refractivity contribution < 1.29 is 45.6 Å². The fourth-order valence-corrected chi connectivity index (χ4v) is 2.69.